The van der Waals surface area contributed by atoms with Gasteiger partial charge in [-0.3, -0.25) is 0 Å². The normalized spacial score (nSPS) is 10.6. The van der Waals surface area contributed by atoms with Crippen LogP contribution in [0.2, 0.25) is 5.02 Å². The molecule has 0 saturated carbocycles. The maximum atomic E-state index is 6.10. The zero-order chi connectivity index (χ0) is 14.4. The molecule has 0 atom stereocenters. The molecule has 0 saturated heterocycles. The minimum Gasteiger partial charge on any atom is -0.492 e. The van der Waals surface area contributed by atoms with Crippen LogP contribution in [0.5, 0.6) is 5.75 Å². The quantitative estimate of drug-likeness (QED) is 0.808. The van der Waals surface area contributed by atoms with Crippen LogP contribution in [0.1, 0.15) is 16.7 Å². The number of benzene rings is 2. The molecule has 3 heteroatoms. The minimum absolute atomic E-state index is 0.648. The Morgan fingerprint density at radius 3 is 2.70 bits per heavy atom. The van der Waals surface area contributed by atoms with Gasteiger partial charge in [-0.2, -0.15) is 0 Å². The number of hydrogen-bond acceptors (Lipinski definition) is 2. The molecule has 0 aliphatic rings. The van der Waals surface area contributed by atoms with Gasteiger partial charge in [0.15, 0.2) is 0 Å². The summed E-state index contributed by atoms with van der Waals surface area (Å²) in [6, 6.07) is 14.1. The van der Waals surface area contributed by atoms with Crippen molar-refractivity contribution in [2.75, 3.05) is 13.2 Å². The first-order valence-corrected chi connectivity index (χ1v) is 7.19. The van der Waals surface area contributed by atoms with E-state index in [-0.39, 0.29) is 0 Å². The maximum absolute atomic E-state index is 6.10. The summed E-state index contributed by atoms with van der Waals surface area (Å²) in [5, 5.41) is 4.14. The highest BCUT2D eigenvalue weighted by molar-refractivity contribution is 6.31. The van der Waals surface area contributed by atoms with Gasteiger partial charge in [0.05, 0.1) is 0 Å². The van der Waals surface area contributed by atoms with Crippen LogP contribution in [-0.4, -0.2) is 13.2 Å². The molecule has 0 heterocycles. The van der Waals surface area contributed by atoms with Crippen LogP contribution in [0, 0.1) is 13.8 Å². The Bertz CT molecular complexity index is 569. The zero-order valence-electron chi connectivity index (χ0n) is 11.9. The van der Waals surface area contributed by atoms with Crippen molar-refractivity contribution in [3.05, 3.63) is 64.2 Å². The Balaban J connectivity index is 1.74. The van der Waals surface area contributed by atoms with E-state index in [1.807, 2.05) is 24.3 Å². The molecule has 0 aromatic heterocycles. The van der Waals surface area contributed by atoms with Crippen LogP contribution in [0.3, 0.4) is 0 Å². The summed E-state index contributed by atoms with van der Waals surface area (Å²) in [4.78, 5) is 0. The van der Waals surface area contributed by atoms with Crippen molar-refractivity contribution >= 4 is 11.6 Å². The fourth-order valence-electron chi connectivity index (χ4n) is 1.96. The molecule has 20 heavy (non-hydrogen) atoms. The van der Waals surface area contributed by atoms with Crippen LogP contribution >= 0.6 is 11.6 Å². The molecule has 0 radical (unpaired) electrons. The van der Waals surface area contributed by atoms with Crippen LogP contribution in [-0.2, 0) is 6.54 Å². The summed E-state index contributed by atoms with van der Waals surface area (Å²) < 4.78 is 5.79. The number of hydrogen-bond donors (Lipinski definition) is 1. The second-order valence-corrected chi connectivity index (χ2v) is 5.29. The third-order valence-electron chi connectivity index (χ3n) is 3.15. The lowest BCUT2D eigenvalue weighted by Crippen LogP contribution is -2.20. The van der Waals surface area contributed by atoms with Gasteiger partial charge >= 0.3 is 0 Å². The van der Waals surface area contributed by atoms with Gasteiger partial charge in [0.1, 0.15) is 12.4 Å². The van der Waals surface area contributed by atoms with Crippen LogP contribution in [0.15, 0.2) is 42.5 Å². The van der Waals surface area contributed by atoms with E-state index in [4.69, 9.17) is 16.3 Å². The molecule has 0 unspecified atom stereocenters. The SMILES string of the molecule is Cc1ccc(C)c(OCCNCc2ccccc2Cl)c1. The highest BCUT2D eigenvalue weighted by atomic mass is 35.5. The number of ether oxygens (including phenoxy) is 1. The molecule has 2 nitrogen and oxygen atoms in total. The van der Waals surface area contributed by atoms with E-state index in [0.717, 1.165) is 29.4 Å². The molecular formula is C17H20ClNO. The van der Waals surface area contributed by atoms with Gasteiger partial charge in [-0.1, -0.05) is 41.9 Å². The lowest BCUT2D eigenvalue weighted by Gasteiger charge is -2.11. The summed E-state index contributed by atoms with van der Waals surface area (Å²) >= 11 is 6.10. The van der Waals surface area contributed by atoms with Gasteiger partial charge in [-0.05, 0) is 42.7 Å². The highest BCUT2D eigenvalue weighted by Gasteiger charge is 2.00. The summed E-state index contributed by atoms with van der Waals surface area (Å²) in [7, 11) is 0. The van der Waals surface area contributed by atoms with Gasteiger partial charge in [-0.25, -0.2) is 0 Å². The third-order valence-corrected chi connectivity index (χ3v) is 3.52. The van der Waals surface area contributed by atoms with Crippen LogP contribution in [0.4, 0.5) is 0 Å². The summed E-state index contributed by atoms with van der Waals surface area (Å²) in [5.74, 6) is 0.963. The zero-order valence-corrected chi connectivity index (χ0v) is 12.7. The topological polar surface area (TPSA) is 21.3 Å². The van der Waals surface area contributed by atoms with Crippen LogP contribution < -0.4 is 10.1 Å². The molecule has 2 rings (SSSR count). The van der Waals surface area contributed by atoms with Gasteiger partial charge < -0.3 is 10.1 Å². The van der Waals surface area contributed by atoms with Crippen LogP contribution in [0.25, 0.3) is 0 Å². The van der Waals surface area contributed by atoms with Crippen molar-refractivity contribution in [1.29, 1.82) is 0 Å². The van der Waals surface area contributed by atoms with E-state index in [9.17, 15) is 0 Å². The lowest BCUT2D eigenvalue weighted by atomic mass is 10.1. The molecule has 106 valence electrons. The second-order valence-electron chi connectivity index (χ2n) is 4.89. The minimum atomic E-state index is 0.648. The number of rotatable bonds is 6. The molecular weight excluding hydrogens is 270 g/mol. The molecule has 2 aromatic carbocycles. The Hall–Kier alpha value is -1.51. The second kappa shape index (κ2) is 7.32. The monoisotopic (exact) mass is 289 g/mol. The Morgan fingerprint density at radius 2 is 1.90 bits per heavy atom. The van der Waals surface area contributed by atoms with Crippen molar-refractivity contribution in [2.24, 2.45) is 0 Å². The molecule has 0 aliphatic heterocycles. The summed E-state index contributed by atoms with van der Waals surface area (Å²) in [5.41, 5.74) is 3.50. The van der Waals surface area contributed by atoms with Crippen molar-refractivity contribution in [2.45, 2.75) is 20.4 Å². The van der Waals surface area contributed by atoms with Crippen molar-refractivity contribution in [3.8, 4) is 5.75 Å². The first kappa shape index (κ1) is 14.9. The standard InChI is InChI=1S/C17H20ClNO/c1-13-7-8-14(2)17(11-13)20-10-9-19-12-15-5-3-4-6-16(15)18/h3-8,11,19H,9-10,12H2,1-2H3. The fourth-order valence-corrected chi connectivity index (χ4v) is 2.16. The smallest absolute Gasteiger partial charge is 0.122 e. The van der Waals surface area contributed by atoms with Crippen molar-refractivity contribution in [1.82, 2.24) is 5.32 Å². The van der Waals surface area contributed by atoms with Gasteiger partial charge in [-0.15, -0.1) is 0 Å². The molecule has 2 aromatic rings. The first-order valence-electron chi connectivity index (χ1n) is 6.81. The highest BCUT2D eigenvalue weighted by Crippen LogP contribution is 2.18. The molecule has 0 amide bonds. The molecule has 1 N–H and O–H groups in total. The third kappa shape index (κ3) is 4.26. The van der Waals surface area contributed by atoms with E-state index < -0.39 is 0 Å². The molecule has 0 spiro atoms. The van der Waals surface area contributed by atoms with Gasteiger partial charge in [0.2, 0.25) is 0 Å². The van der Waals surface area contributed by atoms with Gasteiger partial charge in [0.25, 0.3) is 0 Å². The average Bonchev–Trinajstić information content (AvgIpc) is 2.44. The van der Waals surface area contributed by atoms with Crippen molar-refractivity contribution in [3.63, 3.8) is 0 Å². The summed E-state index contributed by atoms with van der Waals surface area (Å²) in [6.45, 7) is 6.33. The Morgan fingerprint density at radius 1 is 1.10 bits per heavy atom. The van der Waals surface area contributed by atoms with E-state index in [0.29, 0.717) is 6.61 Å². The number of aryl methyl sites for hydroxylation is 2. The number of halogens is 1. The molecule has 0 fully saturated rings. The Labute approximate surface area is 125 Å². The average molecular weight is 290 g/mol. The van der Waals surface area contributed by atoms with E-state index in [1.165, 1.54) is 11.1 Å². The number of nitrogens with one attached hydrogen (secondary N) is 1. The molecule has 0 aliphatic carbocycles. The van der Waals surface area contributed by atoms with E-state index in [1.54, 1.807) is 0 Å². The largest absolute Gasteiger partial charge is 0.492 e. The van der Waals surface area contributed by atoms with E-state index >= 15 is 0 Å². The van der Waals surface area contributed by atoms with Gasteiger partial charge in [0, 0.05) is 18.1 Å². The molecule has 0 bridgehead atoms. The lowest BCUT2D eigenvalue weighted by molar-refractivity contribution is 0.311. The predicted octanol–water partition coefficient (Wildman–Crippen LogP) is 4.13. The predicted molar refractivity (Wildman–Crippen MR) is 84.6 cm³/mol. The fraction of sp³-hybridized carbons (Fsp3) is 0.294. The van der Waals surface area contributed by atoms with E-state index in [2.05, 4.69) is 37.4 Å². The summed E-state index contributed by atoms with van der Waals surface area (Å²) in [6.07, 6.45) is 0. The Kier molecular flexibility index (Phi) is 5.45. The maximum Gasteiger partial charge on any atom is 0.122 e. The first-order chi connectivity index (χ1) is 9.66. The van der Waals surface area contributed by atoms with Crippen molar-refractivity contribution < 1.29 is 4.74 Å².